The summed E-state index contributed by atoms with van der Waals surface area (Å²) in [6.07, 6.45) is 6.32. The second kappa shape index (κ2) is 5.65. The smallest absolute Gasteiger partial charge is 0.250 e. The summed E-state index contributed by atoms with van der Waals surface area (Å²) in [5, 5.41) is 0.264. The zero-order chi connectivity index (χ0) is 12.3. The normalized spacial score (nSPS) is 25.4. The molecule has 94 valence electrons. The molecule has 2 N–H and O–H groups in total. The third-order valence-corrected chi connectivity index (χ3v) is 3.25. The van der Waals surface area contributed by atoms with Crippen molar-refractivity contribution in [2.75, 3.05) is 0 Å². The van der Waals surface area contributed by atoms with Crippen molar-refractivity contribution in [1.29, 1.82) is 0 Å². The van der Waals surface area contributed by atoms with Crippen LogP contribution in [0.5, 0.6) is 5.88 Å². The molecule has 1 aromatic heterocycles. The van der Waals surface area contributed by atoms with Gasteiger partial charge in [0.15, 0.2) is 5.82 Å². The monoisotopic (exact) mass is 258 g/mol. The summed E-state index contributed by atoms with van der Waals surface area (Å²) in [6, 6.07) is 1.15. The van der Waals surface area contributed by atoms with Crippen LogP contribution >= 0.6 is 11.6 Å². The number of nitrogens with two attached hydrogens (primary N) is 1. The van der Waals surface area contributed by atoms with E-state index in [0.29, 0.717) is 0 Å². The molecule has 0 aromatic carbocycles. The highest BCUT2D eigenvalue weighted by atomic mass is 35.5. The first-order chi connectivity index (χ1) is 8.16. The van der Waals surface area contributed by atoms with Crippen LogP contribution in [0.2, 0.25) is 5.02 Å². The number of pyridine rings is 1. The van der Waals surface area contributed by atoms with Crippen LogP contribution in [-0.2, 0) is 0 Å². The molecule has 1 aliphatic carbocycles. The Balaban J connectivity index is 2.08. The first kappa shape index (κ1) is 12.6. The number of halogens is 2. The molecule has 1 heterocycles. The number of hydrogen-bond donors (Lipinski definition) is 1. The number of rotatable bonds is 2. The maximum Gasteiger partial charge on any atom is 0.250 e. The van der Waals surface area contributed by atoms with Gasteiger partial charge in [0.05, 0.1) is 5.02 Å². The van der Waals surface area contributed by atoms with Crippen LogP contribution in [0.1, 0.15) is 32.1 Å². The van der Waals surface area contributed by atoms with Crippen LogP contribution in [-0.4, -0.2) is 17.1 Å². The summed E-state index contributed by atoms with van der Waals surface area (Å²) in [7, 11) is 0. The van der Waals surface area contributed by atoms with Gasteiger partial charge in [0.2, 0.25) is 0 Å². The third-order valence-electron chi connectivity index (χ3n) is 3.04. The van der Waals surface area contributed by atoms with Crippen molar-refractivity contribution < 1.29 is 9.13 Å². The molecule has 1 aromatic rings. The molecule has 0 radical (unpaired) electrons. The van der Waals surface area contributed by atoms with Gasteiger partial charge in [0, 0.05) is 12.2 Å². The minimum absolute atomic E-state index is 0.00301. The van der Waals surface area contributed by atoms with Crippen molar-refractivity contribution in [2.45, 2.75) is 44.2 Å². The van der Waals surface area contributed by atoms with E-state index in [1.165, 1.54) is 12.3 Å². The summed E-state index contributed by atoms with van der Waals surface area (Å²) in [4.78, 5) is 3.85. The van der Waals surface area contributed by atoms with E-state index in [4.69, 9.17) is 22.1 Å². The van der Waals surface area contributed by atoms with Crippen LogP contribution in [0.15, 0.2) is 12.3 Å². The zero-order valence-electron chi connectivity index (χ0n) is 9.53. The van der Waals surface area contributed by atoms with Crippen molar-refractivity contribution >= 4 is 11.6 Å². The maximum atomic E-state index is 13.5. The highest BCUT2D eigenvalue weighted by Crippen LogP contribution is 2.24. The molecule has 17 heavy (non-hydrogen) atoms. The largest absolute Gasteiger partial charge is 0.471 e. The number of hydrogen-bond acceptors (Lipinski definition) is 3. The molecule has 5 heteroatoms. The average Bonchev–Trinajstić information content (AvgIpc) is 2.48. The Hall–Kier alpha value is -0.870. The van der Waals surface area contributed by atoms with Gasteiger partial charge in [-0.3, -0.25) is 0 Å². The number of ether oxygens (including phenoxy) is 1. The van der Waals surface area contributed by atoms with E-state index in [0.717, 1.165) is 32.1 Å². The standard InChI is InChI=1S/C12H16ClFN2O/c13-8-6-9(14)12(16-7-8)17-11-5-3-1-2-4-10(11)15/h6-7,10-11H,1-5,15H2. The van der Waals surface area contributed by atoms with Crippen molar-refractivity contribution in [3.8, 4) is 5.88 Å². The summed E-state index contributed by atoms with van der Waals surface area (Å²) >= 11 is 5.63. The lowest BCUT2D eigenvalue weighted by Crippen LogP contribution is -2.38. The number of aromatic nitrogens is 1. The highest BCUT2D eigenvalue weighted by molar-refractivity contribution is 6.30. The lowest BCUT2D eigenvalue weighted by molar-refractivity contribution is 0.149. The Morgan fingerprint density at radius 1 is 1.35 bits per heavy atom. The van der Waals surface area contributed by atoms with Gasteiger partial charge < -0.3 is 10.5 Å². The molecule has 1 saturated carbocycles. The van der Waals surface area contributed by atoms with Crippen LogP contribution in [0.3, 0.4) is 0 Å². The molecule has 0 saturated heterocycles. The van der Waals surface area contributed by atoms with Crippen LogP contribution in [0.4, 0.5) is 4.39 Å². The molecule has 0 bridgehead atoms. The van der Waals surface area contributed by atoms with Gasteiger partial charge in [-0.2, -0.15) is 0 Å². The van der Waals surface area contributed by atoms with Crippen molar-refractivity contribution in [2.24, 2.45) is 5.73 Å². The topological polar surface area (TPSA) is 48.1 Å². The summed E-state index contributed by atoms with van der Waals surface area (Å²) in [5.74, 6) is -0.536. The van der Waals surface area contributed by atoms with Gasteiger partial charge in [-0.05, 0) is 25.3 Å². The Labute approximate surface area is 105 Å². The van der Waals surface area contributed by atoms with E-state index in [1.54, 1.807) is 0 Å². The number of nitrogens with zero attached hydrogens (tertiary/aromatic N) is 1. The summed E-state index contributed by atoms with van der Waals surface area (Å²) in [6.45, 7) is 0. The third kappa shape index (κ3) is 3.30. The molecule has 2 unspecified atom stereocenters. The quantitative estimate of drug-likeness (QED) is 0.830. The van der Waals surface area contributed by atoms with Gasteiger partial charge >= 0.3 is 0 Å². The van der Waals surface area contributed by atoms with Crippen molar-refractivity contribution in [3.05, 3.63) is 23.1 Å². The van der Waals surface area contributed by atoms with E-state index in [9.17, 15) is 4.39 Å². The van der Waals surface area contributed by atoms with E-state index >= 15 is 0 Å². The Bertz CT molecular complexity index is 389. The minimum Gasteiger partial charge on any atom is -0.471 e. The molecular weight excluding hydrogens is 243 g/mol. The summed E-state index contributed by atoms with van der Waals surface area (Å²) < 4.78 is 19.1. The van der Waals surface area contributed by atoms with Crippen molar-refractivity contribution in [3.63, 3.8) is 0 Å². The Kier molecular flexibility index (Phi) is 4.18. The predicted octanol–water partition coefficient (Wildman–Crippen LogP) is 2.91. The molecular formula is C12H16ClFN2O. The maximum absolute atomic E-state index is 13.5. The molecule has 2 rings (SSSR count). The molecule has 0 spiro atoms. The van der Waals surface area contributed by atoms with Crippen LogP contribution < -0.4 is 10.5 Å². The van der Waals surface area contributed by atoms with Crippen LogP contribution in [0.25, 0.3) is 0 Å². The van der Waals surface area contributed by atoms with E-state index in [1.807, 2.05) is 0 Å². The zero-order valence-corrected chi connectivity index (χ0v) is 10.3. The van der Waals surface area contributed by atoms with Gasteiger partial charge in [-0.15, -0.1) is 0 Å². The molecule has 0 aliphatic heterocycles. The summed E-state index contributed by atoms with van der Waals surface area (Å²) in [5.41, 5.74) is 6.01. The van der Waals surface area contributed by atoms with Crippen LogP contribution in [0, 0.1) is 5.82 Å². The van der Waals surface area contributed by atoms with Gasteiger partial charge in [0.25, 0.3) is 5.88 Å². The molecule has 0 amide bonds. The van der Waals surface area contributed by atoms with E-state index in [-0.39, 0.29) is 23.0 Å². The fraction of sp³-hybridized carbons (Fsp3) is 0.583. The van der Waals surface area contributed by atoms with Gasteiger partial charge in [0.1, 0.15) is 6.10 Å². The van der Waals surface area contributed by atoms with Crippen molar-refractivity contribution in [1.82, 2.24) is 4.98 Å². The molecule has 3 nitrogen and oxygen atoms in total. The second-order valence-corrected chi connectivity index (χ2v) is 4.84. The molecule has 2 atom stereocenters. The van der Waals surface area contributed by atoms with E-state index in [2.05, 4.69) is 4.98 Å². The Morgan fingerprint density at radius 3 is 2.88 bits per heavy atom. The first-order valence-corrected chi connectivity index (χ1v) is 6.28. The first-order valence-electron chi connectivity index (χ1n) is 5.90. The fourth-order valence-corrected chi connectivity index (χ4v) is 2.23. The van der Waals surface area contributed by atoms with E-state index < -0.39 is 5.82 Å². The fourth-order valence-electron chi connectivity index (χ4n) is 2.08. The highest BCUT2D eigenvalue weighted by Gasteiger charge is 2.23. The average molecular weight is 259 g/mol. The predicted molar refractivity (Wildman–Crippen MR) is 64.7 cm³/mol. The molecule has 1 fully saturated rings. The SMILES string of the molecule is NC1CCCCCC1Oc1ncc(Cl)cc1F. The minimum atomic E-state index is -0.533. The second-order valence-electron chi connectivity index (χ2n) is 4.40. The molecule has 1 aliphatic rings. The lowest BCUT2D eigenvalue weighted by atomic mass is 10.1. The van der Waals surface area contributed by atoms with Gasteiger partial charge in [-0.1, -0.05) is 24.4 Å². The Morgan fingerprint density at radius 2 is 2.12 bits per heavy atom. The van der Waals surface area contributed by atoms with Gasteiger partial charge in [-0.25, -0.2) is 9.37 Å². The lowest BCUT2D eigenvalue weighted by Gasteiger charge is -2.22.